The molecule has 1 N–H and O–H groups in total. The number of aliphatic carboxylic acids is 1. The minimum Gasteiger partial charge on any atom is -0.481 e. The molecule has 0 aliphatic carbocycles. The van der Waals surface area contributed by atoms with Gasteiger partial charge in [-0.05, 0) is 43.5 Å². The number of nitrogens with zero attached hydrogens (tertiary/aromatic N) is 1. The first-order valence-corrected chi connectivity index (χ1v) is 7.34. The third-order valence-corrected chi connectivity index (χ3v) is 4.10. The average Bonchev–Trinajstić information content (AvgIpc) is 2.41. The summed E-state index contributed by atoms with van der Waals surface area (Å²) in [5, 5.41) is 9.07. The van der Waals surface area contributed by atoms with Crippen molar-refractivity contribution in [2.75, 3.05) is 6.54 Å². The van der Waals surface area contributed by atoms with Crippen LogP contribution in [-0.2, 0) is 4.79 Å². The van der Waals surface area contributed by atoms with Crippen LogP contribution in [0.1, 0.15) is 50.6 Å². The van der Waals surface area contributed by atoms with Gasteiger partial charge in [-0.1, -0.05) is 25.5 Å². The van der Waals surface area contributed by atoms with Crippen LogP contribution in [0.5, 0.6) is 0 Å². The van der Waals surface area contributed by atoms with E-state index in [1.54, 1.807) is 12.1 Å². The zero-order valence-electron chi connectivity index (χ0n) is 11.9. The van der Waals surface area contributed by atoms with E-state index in [9.17, 15) is 9.18 Å². The van der Waals surface area contributed by atoms with Crippen molar-refractivity contribution in [1.82, 2.24) is 4.90 Å². The second kappa shape index (κ2) is 6.84. The van der Waals surface area contributed by atoms with Gasteiger partial charge in [0.25, 0.3) is 0 Å². The van der Waals surface area contributed by atoms with Gasteiger partial charge in [0, 0.05) is 12.1 Å². The van der Waals surface area contributed by atoms with E-state index in [2.05, 4.69) is 11.8 Å². The molecular weight excluding hydrogens is 257 g/mol. The van der Waals surface area contributed by atoms with Crippen LogP contribution in [0.25, 0.3) is 0 Å². The Morgan fingerprint density at radius 1 is 1.50 bits per heavy atom. The number of likely N-dealkylation sites (tertiary alicyclic amines) is 1. The van der Waals surface area contributed by atoms with Crippen LogP contribution in [0.4, 0.5) is 4.39 Å². The standard InChI is InChI=1S/C16H22FNO2/c1-2-15(12-6-5-7-13(17)10-12)18-9-4-3-8-14(18)11-16(19)20/h5-7,10,14-15H,2-4,8-9,11H2,1H3,(H,19,20). The van der Waals surface area contributed by atoms with Crippen molar-refractivity contribution in [3.05, 3.63) is 35.6 Å². The van der Waals surface area contributed by atoms with E-state index in [1.165, 1.54) is 6.07 Å². The van der Waals surface area contributed by atoms with E-state index in [-0.39, 0.29) is 24.3 Å². The SMILES string of the molecule is CCC(c1cccc(F)c1)N1CCCCC1CC(=O)O. The summed E-state index contributed by atoms with van der Waals surface area (Å²) in [6.07, 6.45) is 4.11. The zero-order valence-corrected chi connectivity index (χ0v) is 11.9. The van der Waals surface area contributed by atoms with E-state index < -0.39 is 5.97 Å². The van der Waals surface area contributed by atoms with Crippen molar-refractivity contribution < 1.29 is 14.3 Å². The maximum atomic E-state index is 13.4. The third-order valence-electron chi connectivity index (χ3n) is 4.10. The van der Waals surface area contributed by atoms with Gasteiger partial charge < -0.3 is 5.11 Å². The number of hydrogen-bond acceptors (Lipinski definition) is 2. The predicted molar refractivity (Wildman–Crippen MR) is 76.0 cm³/mol. The minimum atomic E-state index is -0.754. The third kappa shape index (κ3) is 3.57. The van der Waals surface area contributed by atoms with Gasteiger partial charge in [0.05, 0.1) is 6.42 Å². The number of piperidine rings is 1. The highest BCUT2D eigenvalue weighted by Gasteiger charge is 2.30. The van der Waals surface area contributed by atoms with Crippen molar-refractivity contribution in [3.63, 3.8) is 0 Å². The first-order chi connectivity index (χ1) is 9.61. The molecule has 2 rings (SSSR count). The summed E-state index contributed by atoms with van der Waals surface area (Å²) in [4.78, 5) is 13.3. The Labute approximate surface area is 119 Å². The van der Waals surface area contributed by atoms with E-state index in [0.29, 0.717) is 0 Å². The van der Waals surface area contributed by atoms with Crippen molar-refractivity contribution in [1.29, 1.82) is 0 Å². The van der Waals surface area contributed by atoms with E-state index in [0.717, 1.165) is 37.8 Å². The zero-order chi connectivity index (χ0) is 14.5. The van der Waals surface area contributed by atoms with Crippen molar-refractivity contribution in [2.45, 2.75) is 51.1 Å². The number of halogens is 1. The molecule has 3 nitrogen and oxygen atoms in total. The summed E-state index contributed by atoms with van der Waals surface area (Å²) in [6.45, 7) is 2.97. The van der Waals surface area contributed by atoms with Gasteiger partial charge in [-0.15, -0.1) is 0 Å². The van der Waals surface area contributed by atoms with E-state index in [4.69, 9.17) is 5.11 Å². The van der Waals surface area contributed by atoms with Gasteiger partial charge >= 0.3 is 5.97 Å². The molecule has 0 aromatic heterocycles. The fourth-order valence-electron chi connectivity index (χ4n) is 3.23. The number of hydrogen-bond donors (Lipinski definition) is 1. The Balaban J connectivity index is 2.21. The summed E-state index contributed by atoms with van der Waals surface area (Å²) in [5.74, 6) is -0.983. The quantitative estimate of drug-likeness (QED) is 0.895. The van der Waals surface area contributed by atoms with Gasteiger partial charge in [-0.2, -0.15) is 0 Å². The largest absolute Gasteiger partial charge is 0.481 e. The molecule has 0 radical (unpaired) electrons. The van der Waals surface area contributed by atoms with Gasteiger partial charge in [0.1, 0.15) is 5.82 Å². The van der Waals surface area contributed by atoms with Crippen LogP contribution < -0.4 is 0 Å². The molecule has 20 heavy (non-hydrogen) atoms. The molecule has 1 heterocycles. The number of carboxylic acid groups (broad SMARTS) is 1. The molecule has 1 aromatic rings. The smallest absolute Gasteiger partial charge is 0.304 e. The van der Waals surface area contributed by atoms with Crippen LogP contribution in [0.3, 0.4) is 0 Å². The number of carboxylic acids is 1. The highest BCUT2D eigenvalue weighted by Crippen LogP contribution is 2.32. The monoisotopic (exact) mass is 279 g/mol. The predicted octanol–water partition coefficient (Wildman–Crippen LogP) is 3.61. The molecule has 4 heteroatoms. The molecule has 110 valence electrons. The second-order valence-corrected chi connectivity index (χ2v) is 5.46. The van der Waals surface area contributed by atoms with Crippen LogP contribution in [0, 0.1) is 5.82 Å². The van der Waals surface area contributed by atoms with Crippen molar-refractivity contribution in [2.24, 2.45) is 0 Å². The molecule has 1 aliphatic rings. The molecule has 0 saturated carbocycles. The molecule has 2 unspecified atom stereocenters. The normalized spacial score (nSPS) is 21.6. The highest BCUT2D eigenvalue weighted by atomic mass is 19.1. The lowest BCUT2D eigenvalue weighted by molar-refractivity contribution is -0.139. The lowest BCUT2D eigenvalue weighted by Crippen LogP contribution is -2.43. The topological polar surface area (TPSA) is 40.5 Å². The van der Waals surface area contributed by atoms with Crippen molar-refractivity contribution in [3.8, 4) is 0 Å². The number of rotatable bonds is 5. The highest BCUT2D eigenvalue weighted by molar-refractivity contribution is 5.67. The summed E-state index contributed by atoms with van der Waals surface area (Å²) < 4.78 is 13.4. The summed E-state index contributed by atoms with van der Waals surface area (Å²) in [6, 6.07) is 6.85. The maximum absolute atomic E-state index is 13.4. The Morgan fingerprint density at radius 3 is 2.95 bits per heavy atom. The number of benzene rings is 1. The Hall–Kier alpha value is -1.42. The molecule has 0 amide bonds. The number of carbonyl (C=O) groups is 1. The van der Waals surface area contributed by atoms with E-state index >= 15 is 0 Å². The Bertz CT molecular complexity index is 464. The Morgan fingerprint density at radius 2 is 2.30 bits per heavy atom. The molecule has 1 saturated heterocycles. The maximum Gasteiger partial charge on any atom is 0.304 e. The van der Waals surface area contributed by atoms with Crippen LogP contribution in [0.15, 0.2) is 24.3 Å². The molecule has 2 atom stereocenters. The van der Waals surface area contributed by atoms with E-state index in [1.807, 2.05) is 6.07 Å². The first-order valence-electron chi connectivity index (χ1n) is 7.34. The lowest BCUT2D eigenvalue weighted by Gasteiger charge is -2.40. The van der Waals surface area contributed by atoms with Crippen LogP contribution in [0.2, 0.25) is 0 Å². The first kappa shape index (κ1) is 15.0. The summed E-state index contributed by atoms with van der Waals surface area (Å²) >= 11 is 0. The lowest BCUT2D eigenvalue weighted by atomic mass is 9.93. The Kier molecular flexibility index (Phi) is 5.12. The van der Waals surface area contributed by atoms with Gasteiger partial charge in [-0.3, -0.25) is 9.69 Å². The van der Waals surface area contributed by atoms with Gasteiger partial charge in [-0.25, -0.2) is 4.39 Å². The summed E-state index contributed by atoms with van der Waals surface area (Å²) in [7, 11) is 0. The molecule has 1 fully saturated rings. The fraction of sp³-hybridized carbons (Fsp3) is 0.562. The molecule has 1 aliphatic heterocycles. The average molecular weight is 279 g/mol. The van der Waals surface area contributed by atoms with Gasteiger partial charge in [0.15, 0.2) is 0 Å². The summed E-state index contributed by atoms with van der Waals surface area (Å²) in [5.41, 5.74) is 0.949. The van der Waals surface area contributed by atoms with Crippen LogP contribution >= 0.6 is 0 Å². The molecular formula is C16H22FNO2. The molecule has 1 aromatic carbocycles. The minimum absolute atomic E-state index is 0.0643. The molecule has 0 bridgehead atoms. The van der Waals surface area contributed by atoms with Crippen molar-refractivity contribution >= 4 is 5.97 Å². The molecule has 0 spiro atoms. The second-order valence-electron chi connectivity index (χ2n) is 5.46. The fourth-order valence-corrected chi connectivity index (χ4v) is 3.23. The van der Waals surface area contributed by atoms with Gasteiger partial charge in [0.2, 0.25) is 0 Å². The van der Waals surface area contributed by atoms with Crippen LogP contribution in [-0.4, -0.2) is 28.6 Å².